The van der Waals surface area contributed by atoms with Crippen LogP contribution in [-0.4, -0.2) is 38.3 Å². The maximum atomic E-state index is 5.00. The van der Waals surface area contributed by atoms with Crippen molar-refractivity contribution in [1.29, 1.82) is 0 Å². The molecule has 0 rings (SSSR count). The van der Waals surface area contributed by atoms with Crippen LogP contribution in [0.2, 0.25) is 0 Å². The van der Waals surface area contributed by atoms with E-state index in [2.05, 4.69) is 25.8 Å². The van der Waals surface area contributed by atoms with E-state index in [9.17, 15) is 0 Å². The van der Waals surface area contributed by atoms with Crippen molar-refractivity contribution in [3.63, 3.8) is 0 Å². The van der Waals surface area contributed by atoms with Crippen LogP contribution in [0.3, 0.4) is 0 Å². The molecular formula is C9H21NO. The van der Waals surface area contributed by atoms with Gasteiger partial charge in [0.05, 0.1) is 6.61 Å². The summed E-state index contributed by atoms with van der Waals surface area (Å²) in [6.07, 6.45) is 2.54. The summed E-state index contributed by atoms with van der Waals surface area (Å²) in [5.41, 5.74) is 0. The number of ether oxygens (including phenoxy) is 1. The minimum absolute atomic E-state index is 0.690. The van der Waals surface area contributed by atoms with E-state index in [1.165, 1.54) is 12.8 Å². The minimum Gasteiger partial charge on any atom is -0.383 e. The summed E-state index contributed by atoms with van der Waals surface area (Å²) in [5, 5.41) is 0. The first-order chi connectivity index (χ1) is 5.22. The van der Waals surface area contributed by atoms with Gasteiger partial charge in [-0.1, -0.05) is 13.3 Å². The van der Waals surface area contributed by atoms with E-state index in [-0.39, 0.29) is 0 Å². The Morgan fingerprint density at radius 3 is 2.55 bits per heavy atom. The number of hydrogen-bond donors (Lipinski definition) is 0. The van der Waals surface area contributed by atoms with Crippen LogP contribution in [0.25, 0.3) is 0 Å². The topological polar surface area (TPSA) is 12.5 Å². The minimum atomic E-state index is 0.690. The number of methoxy groups -OCH3 is 1. The first-order valence-electron chi connectivity index (χ1n) is 4.41. The number of rotatable bonds is 6. The maximum absolute atomic E-state index is 5.00. The largest absolute Gasteiger partial charge is 0.383 e. The van der Waals surface area contributed by atoms with Gasteiger partial charge in [0, 0.05) is 19.7 Å². The number of hydrogen-bond acceptors (Lipinski definition) is 2. The van der Waals surface area contributed by atoms with Crippen LogP contribution in [0.4, 0.5) is 0 Å². The lowest BCUT2D eigenvalue weighted by atomic mass is 10.2. The van der Waals surface area contributed by atoms with E-state index in [1.807, 2.05) is 0 Å². The predicted molar refractivity (Wildman–Crippen MR) is 48.9 cm³/mol. The second-order valence-corrected chi connectivity index (χ2v) is 3.11. The molecule has 0 heterocycles. The highest BCUT2D eigenvalue weighted by Gasteiger charge is 2.06. The summed E-state index contributed by atoms with van der Waals surface area (Å²) in [6.45, 7) is 6.36. The Bertz CT molecular complexity index is 85.6. The van der Waals surface area contributed by atoms with Gasteiger partial charge >= 0.3 is 0 Å². The van der Waals surface area contributed by atoms with Crippen LogP contribution in [0.5, 0.6) is 0 Å². The summed E-state index contributed by atoms with van der Waals surface area (Å²) in [7, 11) is 3.90. The van der Waals surface area contributed by atoms with E-state index >= 15 is 0 Å². The van der Waals surface area contributed by atoms with Crippen LogP contribution >= 0.6 is 0 Å². The predicted octanol–water partition coefficient (Wildman–Crippen LogP) is 1.75. The molecule has 0 bridgehead atoms. The summed E-state index contributed by atoms with van der Waals surface area (Å²) < 4.78 is 5.00. The Morgan fingerprint density at radius 2 is 2.09 bits per heavy atom. The van der Waals surface area contributed by atoms with Gasteiger partial charge in [-0.3, -0.25) is 0 Å². The molecule has 68 valence electrons. The van der Waals surface area contributed by atoms with Gasteiger partial charge in [-0.2, -0.15) is 0 Å². The second-order valence-electron chi connectivity index (χ2n) is 3.11. The van der Waals surface area contributed by atoms with Gasteiger partial charge in [-0.25, -0.2) is 0 Å². The zero-order valence-corrected chi connectivity index (χ0v) is 8.26. The molecule has 1 atom stereocenters. The molecular weight excluding hydrogens is 138 g/mol. The molecule has 0 amide bonds. The van der Waals surface area contributed by atoms with Crippen molar-refractivity contribution in [2.45, 2.75) is 32.7 Å². The van der Waals surface area contributed by atoms with Crippen molar-refractivity contribution in [1.82, 2.24) is 4.90 Å². The van der Waals surface area contributed by atoms with Crippen molar-refractivity contribution in [3.05, 3.63) is 0 Å². The summed E-state index contributed by atoms with van der Waals surface area (Å²) >= 11 is 0. The molecule has 0 N–H and O–H groups in total. The summed E-state index contributed by atoms with van der Waals surface area (Å²) in [6, 6.07) is 0.690. The molecule has 0 saturated heterocycles. The first-order valence-corrected chi connectivity index (χ1v) is 4.41. The number of nitrogens with zero attached hydrogens (tertiary/aromatic N) is 1. The quantitative estimate of drug-likeness (QED) is 0.585. The van der Waals surface area contributed by atoms with Gasteiger partial charge in [-0.05, 0) is 20.4 Å². The molecule has 2 nitrogen and oxygen atoms in total. The standard InChI is InChI=1S/C9H21NO/c1-5-6-9(2)10(3)7-8-11-4/h9H,5-8H2,1-4H3. The van der Waals surface area contributed by atoms with Gasteiger partial charge in [0.25, 0.3) is 0 Å². The van der Waals surface area contributed by atoms with Crippen molar-refractivity contribution < 1.29 is 4.74 Å². The highest BCUT2D eigenvalue weighted by molar-refractivity contribution is 4.61. The smallest absolute Gasteiger partial charge is 0.0589 e. The Kier molecular flexibility index (Phi) is 6.57. The molecule has 0 aromatic carbocycles. The molecule has 1 unspecified atom stereocenters. The van der Waals surface area contributed by atoms with E-state index in [4.69, 9.17) is 4.74 Å². The Labute approximate surface area is 70.5 Å². The lowest BCUT2D eigenvalue weighted by Gasteiger charge is -2.23. The molecule has 11 heavy (non-hydrogen) atoms. The van der Waals surface area contributed by atoms with Crippen LogP contribution in [0, 0.1) is 0 Å². The fraction of sp³-hybridized carbons (Fsp3) is 1.00. The molecule has 0 aromatic heterocycles. The first kappa shape index (κ1) is 10.9. The van der Waals surface area contributed by atoms with Crippen molar-refractivity contribution in [2.75, 3.05) is 27.3 Å². The molecule has 0 spiro atoms. The Balaban J connectivity index is 3.38. The second kappa shape index (κ2) is 6.62. The lowest BCUT2D eigenvalue weighted by molar-refractivity contribution is 0.140. The molecule has 0 aliphatic rings. The molecule has 0 aromatic rings. The molecule has 0 saturated carbocycles. The SMILES string of the molecule is CCCC(C)N(C)CCOC. The normalized spacial score (nSPS) is 13.9. The van der Waals surface area contributed by atoms with Crippen LogP contribution in [0.15, 0.2) is 0 Å². The van der Waals surface area contributed by atoms with Crippen LogP contribution in [0.1, 0.15) is 26.7 Å². The van der Waals surface area contributed by atoms with Gasteiger partial charge in [0.15, 0.2) is 0 Å². The van der Waals surface area contributed by atoms with Crippen LogP contribution in [-0.2, 0) is 4.74 Å². The molecule has 0 aliphatic heterocycles. The fourth-order valence-electron chi connectivity index (χ4n) is 1.09. The fourth-order valence-corrected chi connectivity index (χ4v) is 1.09. The third-order valence-corrected chi connectivity index (χ3v) is 2.11. The van der Waals surface area contributed by atoms with E-state index < -0.39 is 0 Å². The molecule has 0 aliphatic carbocycles. The number of likely N-dealkylation sites (N-methyl/N-ethyl adjacent to an activating group) is 1. The van der Waals surface area contributed by atoms with Gasteiger partial charge in [0.2, 0.25) is 0 Å². The molecule has 2 heteroatoms. The van der Waals surface area contributed by atoms with Gasteiger partial charge in [-0.15, -0.1) is 0 Å². The van der Waals surface area contributed by atoms with Gasteiger partial charge in [0.1, 0.15) is 0 Å². The zero-order valence-electron chi connectivity index (χ0n) is 8.26. The molecule has 0 fully saturated rings. The van der Waals surface area contributed by atoms with Gasteiger partial charge < -0.3 is 9.64 Å². The molecule has 0 radical (unpaired) electrons. The Hall–Kier alpha value is -0.0800. The van der Waals surface area contributed by atoms with E-state index in [0.29, 0.717) is 6.04 Å². The van der Waals surface area contributed by atoms with E-state index in [0.717, 1.165) is 13.2 Å². The highest BCUT2D eigenvalue weighted by Crippen LogP contribution is 2.02. The van der Waals surface area contributed by atoms with Crippen LogP contribution < -0.4 is 0 Å². The summed E-state index contributed by atoms with van der Waals surface area (Å²) in [4.78, 5) is 2.34. The van der Waals surface area contributed by atoms with Crippen molar-refractivity contribution in [3.8, 4) is 0 Å². The average Bonchev–Trinajstić information content (AvgIpc) is 2.00. The maximum Gasteiger partial charge on any atom is 0.0589 e. The lowest BCUT2D eigenvalue weighted by Crippen LogP contribution is -2.31. The average molecular weight is 159 g/mol. The van der Waals surface area contributed by atoms with Crippen molar-refractivity contribution in [2.24, 2.45) is 0 Å². The van der Waals surface area contributed by atoms with E-state index in [1.54, 1.807) is 7.11 Å². The third kappa shape index (κ3) is 5.22. The highest BCUT2D eigenvalue weighted by atomic mass is 16.5. The summed E-state index contributed by atoms with van der Waals surface area (Å²) in [5.74, 6) is 0. The Morgan fingerprint density at radius 1 is 1.45 bits per heavy atom. The monoisotopic (exact) mass is 159 g/mol. The zero-order chi connectivity index (χ0) is 8.69. The third-order valence-electron chi connectivity index (χ3n) is 2.11. The van der Waals surface area contributed by atoms with Crippen molar-refractivity contribution >= 4 is 0 Å².